The van der Waals surface area contributed by atoms with Crippen molar-refractivity contribution in [3.05, 3.63) is 46.2 Å². The van der Waals surface area contributed by atoms with Gasteiger partial charge in [-0.3, -0.25) is 4.99 Å². The van der Waals surface area contributed by atoms with E-state index in [4.69, 9.17) is 4.43 Å². The topological polar surface area (TPSA) is 21.6 Å². The average Bonchev–Trinajstić information content (AvgIpc) is 2.72. The van der Waals surface area contributed by atoms with Gasteiger partial charge in [0.15, 0.2) is 0 Å². The Labute approximate surface area is 119 Å². The van der Waals surface area contributed by atoms with Gasteiger partial charge in [0.05, 0.1) is 0 Å². The van der Waals surface area contributed by atoms with Crippen molar-refractivity contribution in [2.45, 2.75) is 26.6 Å². The summed E-state index contributed by atoms with van der Waals surface area (Å²) < 4.78 is 6.06. The molecular weight excluding hydrogens is 270 g/mol. The predicted molar refractivity (Wildman–Crippen MR) is 86.7 cm³/mol. The zero-order valence-corrected chi connectivity index (χ0v) is 13.6. The normalized spacial score (nSPS) is 12.0. The van der Waals surface area contributed by atoms with Crippen LogP contribution in [0.1, 0.15) is 10.4 Å². The molecule has 1 aromatic carbocycles. The summed E-state index contributed by atoms with van der Waals surface area (Å²) in [6, 6.07) is 10.1. The number of hydrogen-bond donors (Lipinski definition) is 0. The fraction of sp³-hybridized carbons (Fsp3) is 0.267. The highest BCUT2D eigenvalue weighted by atomic mass is 32.1. The Morgan fingerprint density at radius 3 is 2.53 bits per heavy atom. The van der Waals surface area contributed by atoms with Gasteiger partial charge in [0.1, 0.15) is 11.4 Å². The molecule has 2 rings (SSSR count). The van der Waals surface area contributed by atoms with Gasteiger partial charge in [-0.15, -0.1) is 11.3 Å². The molecule has 0 N–H and O–H groups in total. The summed E-state index contributed by atoms with van der Waals surface area (Å²) in [4.78, 5) is 5.77. The highest BCUT2D eigenvalue weighted by Gasteiger charge is 2.17. The van der Waals surface area contributed by atoms with Crippen molar-refractivity contribution in [3.8, 4) is 5.75 Å². The maximum absolute atomic E-state index is 6.06. The first-order valence-corrected chi connectivity index (χ1v) is 10.6. The van der Waals surface area contributed by atoms with Gasteiger partial charge in [-0.05, 0) is 55.7 Å². The first-order valence-electron chi connectivity index (χ1n) is 6.32. The molecule has 0 unspecified atom stereocenters. The lowest BCUT2D eigenvalue weighted by molar-refractivity contribution is 0.559. The summed E-state index contributed by atoms with van der Waals surface area (Å²) in [6.45, 7) is 8.63. The van der Waals surface area contributed by atoms with E-state index in [-0.39, 0.29) is 0 Å². The van der Waals surface area contributed by atoms with Crippen LogP contribution >= 0.6 is 11.3 Å². The highest BCUT2D eigenvalue weighted by Crippen LogP contribution is 2.29. The monoisotopic (exact) mass is 289 g/mol. The number of aryl methyl sites for hydroxylation is 1. The first kappa shape index (κ1) is 14.0. The molecule has 0 aliphatic carbocycles. The molecule has 0 atom stereocenters. The van der Waals surface area contributed by atoms with Crippen LogP contribution in [-0.4, -0.2) is 14.5 Å². The van der Waals surface area contributed by atoms with E-state index in [9.17, 15) is 0 Å². The third kappa shape index (κ3) is 4.04. The maximum atomic E-state index is 6.06. The van der Waals surface area contributed by atoms with Crippen LogP contribution in [0.5, 0.6) is 5.75 Å². The van der Waals surface area contributed by atoms with Gasteiger partial charge in [-0.25, -0.2) is 0 Å². The lowest BCUT2D eigenvalue weighted by atomic mass is 10.3. The zero-order chi connectivity index (χ0) is 13.9. The quantitative estimate of drug-likeness (QED) is 0.572. The molecule has 0 bridgehead atoms. The van der Waals surface area contributed by atoms with Crippen LogP contribution in [0.25, 0.3) is 0 Å². The second-order valence-corrected chi connectivity index (χ2v) is 10.8. The number of rotatable bonds is 4. The van der Waals surface area contributed by atoms with Crippen LogP contribution in [0.2, 0.25) is 19.6 Å². The van der Waals surface area contributed by atoms with E-state index >= 15 is 0 Å². The predicted octanol–water partition coefficient (Wildman–Crippen LogP) is 5.02. The number of aliphatic imine (C=N–C) groups is 1. The average molecular weight is 289 g/mol. The van der Waals surface area contributed by atoms with Gasteiger partial charge in [0, 0.05) is 11.1 Å². The Hall–Kier alpha value is -1.39. The molecule has 0 fully saturated rings. The summed E-state index contributed by atoms with van der Waals surface area (Å²) in [5, 5.41) is 2.08. The van der Waals surface area contributed by atoms with Gasteiger partial charge < -0.3 is 4.43 Å². The maximum Gasteiger partial charge on any atom is 0.242 e. The van der Waals surface area contributed by atoms with Crippen molar-refractivity contribution in [2.24, 2.45) is 4.99 Å². The SMILES string of the molecule is Cc1ccsc1/C=N/c1ccccc1O[Si](C)(C)C. The molecule has 19 heavy (non-hydrogen) atoms. The van der Waals surface area contributed by atoms with Crippen LogP contribution in [0.15, 0.2) is 40.7 Å². The molecular formula is C15H19NOSSi. The summed E-state index contributed by atoms with van der Waals surface area (Å²) in [7, 11) is -1.61. The number of para-hydroxylation sites is 2. The fourth-order valence-corrected chi connectivity index (χ4v) is 3.24. The minimum atomic E-state index is -1.61. The Morgan fingerprint density at radius 2 is 1.89 bits per heavy atom. The third-order valence-corrected chi connectivity index (χ3v) is 4.29. The smallest absolute Gasteiger partial charge is 0.242 e. The molecule has 0 saturated heterocycles. The molecule has 0 aliphatic heterocycles. The van der Waals surface area contributed by atoms with Gasteiger partial charge in [-0.1, -0.05) is 12.1 Å². The van der Waals surface area contributed by atoms with Gasteiger partial charge in [0.2, 0.25) is 8.32 Å². The molecule has 0 spiro atoms. The molecule has 0 amide bonds. The zero-order valence-electron chi connectivity index (χ0n) is 11.8. The van der Waals surface area contributed by atoms with E-state index in [0.717, 1.165) is 11.4 Å². The Kier molecular flexibility index (Phi) is 4.22. The van der Waals surface area contributed by atoms with Crippen molar-refractivity contribution in [2.75, 3.05) is 0 Å². The van der Waals surface area contributed by atoms with Crippen LogP contribution in [0.3, 0.4) is 0 Å². The third-order valence-electron chi connectivity index (χ3n) is 2.50. The van der Waals surface area contributed by atoms with Gasteiger partial charge >= 0.3 is 0 Å². The summed E-state index contributed by atoms with van der Waals surface area (Å²) in [5.74, 6) is 0.882. The van der Waals surface area contributed by atoms with Crippen LogP contribution in [0, 0.1) is 6.92 Å². The molecule has 1 aromatic heterocycles. The van der Waals surface area contributed by atoms with Crippen molar-refractivity contribution in [1.82, 2.24) is 0 Å². The Bertz CT molecular complexity index is 584. The second-order valence-electron chi connectivity index (χ2n) is 5.41. The summed E-state index contributed by atoms with van der Waals surface area (Å²) in [5.41, 5.74) is 2.16. The lowest BCUT2D eigenvalue weighted by Crippen LogP contribution is -2.29. The van der Waals surface area contributed by atoms with E-state index < -0.39 is 8.32 Å². The van der Waals surface area contributed by atoms with Crippen molar-refractivity contribution in [3.63, 3.8) is 0 Å². The fourth-order valence-electron chi connectivity index (χ4n) is 1.62. The van der Waals surface area contributed by atoms with Crippen molar-refractivity contribution >= 4 is 31.6 Å². The van der Waals surface area contributed by atoms with E-state index in [2.05, 4.69) is 43.0 Å². The standard InChI is InChI=1S/C15H19NOSSi/c1-12-9-10-18-15(12)11-16-13-7-5-6-8-14(13)17-19(2,3)4/h5-11H,1-4H3/b16-11+. The Morgan fingerprint density at radius 1 is 1.16 bits per heavy atom. The van der Waals surface area contributed by atoms with Crippen LogP contribution in [0.4, 0.5) is 5.69 Å². The highest BCUT2D eigenvalue weighted by molar-refractivity contribution is 7.11. The van der Waals surface area contributed by atoms with E-state index in [1.807, 2.05) is 30.5 Å². The van der Waals surface area contributed by atoms with Crippen molar-refractivity contribution < 1.29 is 4.43 Å². The van der Waals surface area contributed by atoms with Crippen LogP contribution in [-0.2, 0) is 0 Å². The largest absolute Gasteiger partial charge is 0.543 e. The van der Waals surface area contributed by atoms with E-state index in [1.165, 1.54) is 10.4 Å². The molecule has 0 aliphatic rings. The number of nitrogens with zero attached hydrogens (tertiary/aromatic N) is 1. The molecule has 0 saturated carbocycles. The second kappa shape index (κ2) is 5.71. The first-order chi connectivity index (χ1) is 8.96. The number of hydrogen-bond acceptors (Lipinski definition) is 3. The Balaban J connectivity index is 2.25. The van der Waals surface area contributed by atoms with E-state index in [1.54, 1.807) is 11.3 Å². The van der Waals surface area contributed by atoms with Crippen LogP contribution < -0.4 is 4.43 Å². The van der Waals surface area contributed by atoms with Crippen molar-refractivity contribution in [1.29, 1.82) is 0 Å². The molecule has 100 valence electrons. The lowest BCUT2D eigenvalue weighted by Gasteiger charge is -2.20. The summed E-state index contributed by atoms with van der Waals surface area (Å²) >= 11 is 1.71. The molecule has 1 heterocycles. The van der Waals surface area contributed by atoms with Gasteiger partial charge in [-0.2, -0.15) is 0 Å². The number of benzene rings is 1. The molecule has 0 radical (unpaired) electrons. The number of thiophene rings is 1. The molecule has 2 aromatic rings. The van der Waals surface area contributed by atoms with E-state index in [0.29, 0.717) is 0 Å². The minimum Gasteiger partial charge on any atom is -0.543 e. The molecule has 4 heteroatoms. The molecule has 2 nitrogen and oxygen atoms in total. The minimum absolute atomic E-state index is 0.882. The van der Waals surface area contributed by atoms with Gasteiger partial charge in [0.25, 0.3) is 0 Å². The summed E-state index contributed by atoms with van der Waals surface area (Å²) in [6.07, 6.45) is 1.92.